The molecule has 4 heteroatoms. The minimum Gasteiger partial charge on any atom is -0.398 e. The summed E-state index contributed by atoms with van der Waals surface area (Å²) in [5.74, 6) is 0.123. The SMILES string of the molecule is Nc1cccc2c1CCN(C(=O)c1cccs1)C2. The fourth-order valence-corrected chi connectivity index (χ4v) is 3.06. The van der Waals surface area contributed by atoms with Gasteiger partial charge in [0.05, 0.1) is 4.88 Å². The fraction of sp³-hybridized carbons (Fsp3) is 0.214. The number of hydrogen-bond donors (Lipinski definition) is 1. The molecule has 3 nitrogen and oxygen atoms in total. The maximum Gasteiger partial charge on any atom is 0.264 e. The van der Waals surface area contributed by atoms with Gasteiger partial charge in [-0.2, -0.15) is 0 Å². The first-order chi connectivity index (χ1) is 8.75. The maximum atomic E-state index is 12.3. The van der Waals surface area contributed by atoms with E-state index in [0.29, 0.717) is 6.54 Å². The van der Waals surface area contributed by atoms with Crippen LogP contribution in [0.4, 0.5) is 5.69 Å². The zero-order chi connectivity index (χ0) is 12.5. The molecule has 0 bridgehead atoms. The molecule has 0 radical (unpaired) electrons. The number of nitrogen functional groups attached to an aromatic ring is 1. The Morgan fingerprint density at radius 1 is 1.28 bits per heavy atom. The molecule has 1 amide bonds. The normalized spacial score (nSPS) is 14.3. The summed E-state index contributed by atoms with van der Waals surface area (Å²) in [5, 5.41) is 1.93. The summed E-state index contributed by atoms with van der Waals surface area (Å²) in [6.07, 6.45) is 0.846. The molecule has 0 saturated carbocycles. The molecule has 0 atom stereocenters. The van der Waals surface area contributed by atoms with Crippen molar-refractivity contribution in [3.63, 3.8) is 0 Å². The lowest BCUT2D eigenvalue weighted by atomic mass is 9.98. The van der Waals surface area contributed by atoms with Gasteiger partial charge < -0.3 is 10.6 Å². The van der Waals surface area contributed by atoms with Crippen molar-refractivity contribution in [3.05, 3.63) is 51.7 Å². The third-order valence-electron chi connectivity index (χ3n) is 3.32. The van der Waals surface area contributed by atoms with Crippen molar-refractivity contribution in [1.29, 1.82) is 0 Å². The molecule has 2 N–H and O–H groups in total. The van der Waals surface area contributed by atoms with Gasteiger partial charge in [0.2, 0.25) is 0 Å². The highest BCUT2D eigenvalue weighted by atomic mass is 32.1. The number of rotatable bonds is 1. The molecule has 1 aromatic carbocycles. The van der Waals surface area contributed by atoms with Crippen molar-refractivity contribution in [2.75, 3.05) is 12.3 Å². The van der Waals surface area contributed by atoms with Gasteiger partial charge in [0.1, 0.15) is 0 Å². The van der Waals surface area contributed by atoms with Gasteiger partial charge in [-0.1, -0.05) is 18.2 Å². The van der Waals surface area contributed by atoms with Crippen LogP contribution in [0, 0.1) is 0 Å². The van der Waals surface area contributed by atoms with Gasteiger partial charge in [-0.05, 0) is 35.1 Å². The first-order valence-electron chi connectivity index (χ1n) is 5.95. The molecule has 2 aromatic rings. The van der Waals surface area contributed by atoms with E-state index in [0.717, 1.165) is 23.5 Å². The van der Waals surface area contributed by atoms with Gasteiger partial charge in [0.25, 0.3) is 5.91 Å². The molecule has 0 unspecified atom stereocenters. The van der Waals surface area contributed by atoms with Crippen molar-refractivity contribution < 1.29 is 4.79 Å². The molecule has 0 aliphatic carbocycles. The van der Waals surface area contributed by atoms with E-state index in [1.165, 1.54) is 22.5 Å². The number of carbonyl (C=O) groups excluding carboxylic acids is 1. The van der Waals surface area contributed by atoms with Crippen LogP contribution in [-0.4, -0.2) is 17.4 Å². The first kappa shape index (κ1) is 11.3. The van der Waals surface area contributed by atoms with Crippen LogP contribution >= 0.6 is 11.3 Å². The van der Waals surface area contributed by atoms with E-state index in [9.17, 15) is 4.79 Å². The second-order valence-corrected chi connectivity index (χ2v) is 5.39. The third kappa shape index (κ3) is 1.88. The van der Waals surface area contributed by atoms with Crippen LogP contribution in [0.15, 0.2) is 35.7 Å². The monoisotopic (exact) mass is 258 g/mol. The highest BCUT2D eigenvalue weighted by molar-refractivity contribution is 7.12. The van der Waals surface area contributed by atoms with Gasteiger partial charge in [-0.3, -0.25) is 4.79 Å². The van der Waals surface area contributed by atoms with Gasteiger partial charge in [-0.25, -0.2) is 0 Å². The summed E-state index contributed by atoms with van der Waals surface area (Å²) in [4.78, 5) is 15.0. The summed E-state index contributed by atoms with van der Waals surface area (Å²) in [7, 11) is 0. The summed E-state index contributed by atoms with van der Waals surface area (Å²) >= 11 is 1.49. The fourth-order valence-electron chi connectivity index (χ4n) is 2.37. The molecule has 1 aliphatic rings. The third-order valence-corrected chi connectivity index (χ3v) is 4.18. The van der Waals surface area contributed by atoms with Crippen molar-refractivity contribution in [1.82, 2.24) is 4.90 Å². The average Bonchev–Trinajstić information content (AvgIpc) is 2.91. The minimum absolute atomic E-state index is 0.123. The molecule has 18 heavy (non-hydrogen) atoms. The maximum absolute atomic E-state index is 12.3. The number of nitrogens with two attached hydrogens (primary N) is 1. The molecule has 1 aliphatic heterocycles. The molecular formula is C14H14N2OS. The topological polar surface area (TPSA) is 46.3 Å². The Morgan fingerprint density at radius 3 is 2.94 bits per heavy atom. The second kappa shape index (κ2) is 4.46. The lowest BCUT2D eigenvalue weighted by molar-refractivity contribution is 0.0740. The summed E-state index contributed by atoms with van der Waals surface area (Å²) in [6, 6.07) is 9.72. The smallest absolute Gasteiger partial charge is 0.264 e. The highest BCUT2D eigenvalue weighted by Gasteiger charge is 2.23. The van der Waals surface area contributed by atoms with Gasteiger partial charge in [-0.15, -0.1) is 11.3 Å². The molecule has 0 spiro atoms. The van der Waals surface area contributed by atoms with Gasteiger partial charge in [0, 0.05) is 18.8 Å². The van der Waals surface area contributed by atoms with Crippen molar-refractivity contribution in [2.45, 2.75) is 13.0 Å². The number of nitrogens with zero attached hydrogens (tertiary/aromatic N) is 1. The van der Waals surface area contributed by atoms with Crippen LogP contribution in [0.1, 0.15) is 20.8 Å². The highest BCUT2D eigenvalue weighted by Crippen LogP contribution is 2.25. The molecule has 0 saturated heterocycles. The van der Waals surface area contributed by atoms with E-state index >= 15 is 0 Å². The molecule has 2 heterocycles. The Morgan fingerprint density at radius 2 is 2.17 bits per heavy atom. The van der Waals surface area contributed by atoms with Crippen LogP contribution in [0.25, 0.3) is 0 Å². The number of amides is 1. The van der Waals surface area contributed by atoms with Crippen LogP contribution < -0.4 is 5.73 Å². The number of fused-ring (bicyclic) bond motifs is 1. The largest absolute Gasteiger partial charge is 0.398 e. The molecular weight excluding hydrogens is 244 g/mol. The van der Waals surface area contributed by atoms with Crippen molar-refractivity contribution >= 4 is 22.9 Å². The van der Waals surface area contributed by atoms with Crippen molar-refractivity contribution in [2.24, 2.45) is 0 Å². The Bertz CT molecular complexity index is 577. The number of hydrogen-bond acceptors (Lipinski definition) is 3. The van der Waals surface area contributed by atoms with E-state index in [4.69, 9.17) is 5.73 Å². The van der Waals surface area contributed by atoms with E-state index < -0.39 is 0 Å². The number of benzene rings is 1. The first-order valence-corrected chi connectivity index (χ1v) is 6.82. The standard InChI is InChI=1S/C14H14N2OS/c15-12-4-1-3-10-9-16(7-6-11(10)12)14(17)13-5-2-8-18-13/h1-5,8H,6-7,9,15H2. The number of carbonyl (C=O) groups is 1. The molecule has 3 rings (SSSR count). The van der Waals surface area contributed by atoms with Gasteiger partial charge >= 0.3 is 0 Å². The van der Waals surface area contributed by atoms with Gasteiger partial charge in [0.15, 0.2) is 0 Å². The van der Waals surface area contributed by atoms with E-state index in [-0.39, 0.29) is 5.91 Å². The second-order valence-electron chi connectivity index (χ2n) is 4.44. The molecule has 1 aromatic heterocycles. The Hall–Kier alpha value is -1.81. The Balaban J connectivity index is 1.85. The van der Waals surface area contributed by atoms with E-state index in [1.807, 2.05) is 34.5 Å². The number of anilines is 1. The average molecular weight is 258 g/mol. The Kier molecular flexibility index (Phi) is 2.80. The number of thiophene rings is 1. The summed E-state index contributed by atoms with van der Waals surface area (Å²) in [6.45, 7) is 1.41. The molecule has 92 valence electrons. The Labute approximate surface area is 110 Å². The lowest BCUT2D eigenvalue weighted by Gasteiger charge is -2.29. The molecule has 0 fully saturated rings. The summed E-state index contributed by atoms with van der Waals surface area (Å²) < 4.78 is 0. The minimum atomic E-state index is 0.123. The predicted octanol–water partition coefficient (Wildman–Crippen LogP) is 2.53. The van der Waals surface area contributed by atoms with E-state index in [1.54, 1.807) is 0 Å². The van der Waals surface area contributed by atoms with E-state index in [2.05, 4.69) is 6.07 Å². The van der Waals surface area contributed by atoms with Crippen molar-refractivity contribution in [3.8, 4) is 0 Å². The quantitative estimate of drug-likeness (QED) is 0.799. The zero-order valence-corrected chi connectivity index (χ0v) is 10.7. The van der Waals surface area contributed by atoms with Crippen LogP contribution in [-0.2, 0) is 13.0 Å². The predicted molar refractivity (Wildman–Crippen MR) is 73.6 cm³/mol. The van der Waals surface area contributed by atoms with Crippen LogP contribution in [0.2, 0.25) is 0 Å². The zero-order valence-electron chi connectivity index (χ0n) is 9.93. The summed E-state index contributed by atoms with van der Waals surface area (Å²) in [5.41, 5.74) is 9.17. The van der Waals surface area contributed by atoms with Crippen LogP contribution in [0.3, 0.4) is 0 Å². The lowest BCUT2D eigenvalue weighted by Crippen LogP contribution is -2.35. The van der Waals surface area contributed by atoms with Crippen LogP contribution in [0.5, 0.6) is 0 Å².